The fourth-order valence-corrected chi connectivity index (χ4v) is 3.96. The molecule has 2 N–H and O–H groups in total. The van der Waals surface area contributed by atoms with Gasteiger partial charge in [0.2, 0.25) is 5.91 Å². The SMILES string of the molecule is COCCNC(=O)CSc1ccccc1C(=O)OCC(=O)Nc1ccc2c(c1)C(=O)N(C)C2=O. The van der Waals surface area contributed by atoms with E-state index >= 15 is 0 Å². The highest BCUT2D eigenvalue weighted by atomic mass is 32.2. The molecule has 3 rings (SSSR count). The Morgan fingerprint density at radius 3 is 2.50 bits per heavy atom. The van der Waals surface area contributed by atoms with Crippen LogP contribution in [0.4, 0.5) is 5.69 Å². The first kappa shape index (κ1) is 24.9. The summed E-state index contributed by atoms with van der Waals surface area (Å²) in [7, 11) is 2.92. The number of imide groups is 1. The van der Waals surface area contributed by atoms with Gasteiger partial charge in [0.1, 0.15) is 0 Å². The zero-order valence-corrected chi connectivity index (χ0v) is 19.4. The molecule has 0 saturated heterocycles. The molecule has 1 aliphatic heterocycles. The number of nitrogens with zero attached hydrogens (tertiary/aromatic N) is 1. The average Bonchev–Trinajstić information content (AvgIpc) is 3.05. The summed E-state index contributed by atoms with van der Waals surface area (Å²) in [5, 5.41) is 5.23. The summed E-state index contributed by atoms with van der Waals surface area (Å²) in [6.07, 6.45) is 0. The van der Waals surface area contributed by atoms with Crippen molar-refractivity contribution in [2.24, 2.45) is 0 Å². The van der Waals surface area contributed by atoms with Gasteiger partial charge < -0.3 is 20.1 Å². The van der Waals surface area contributed by atoms with Crippen molar-refractivity contribution in [3.05, 3.63) is 59.2 Å². The highest BCUT2D eigenvalue weighted by Crippen LogP contribution is 2.25. The predicted octanol–water partition coefficient (Wildman–Crippen LogP) is 1.56. The summed E-state index contributed by atoms with van der Waals surface area (Å²) in [5.74, 6) is -2.29. The number of benzene rings is 2. The maximum absolute atomic E-state index is 12.5. The first-order valence-corrected chi connectivity index (χ1v) is 11.2. The Labute approximate surface area is 200 Å². The Morgan fingerprint density at radius 1 is 1.00 bits per heavy atom. The number of nitrogens with one attached hydrogen (secondary N) is 2. The van der Waals surface area contributed by atoms with Crippen LogP contribution < -0.4 is 10.6 Å². The number of hydrogen-bond donors (Lipinski definition) is 2. The van der Waals surface area contributed by atoms with Crippen LogP contribution >= 0.6 is 11.8 Å². The van der Waals surface area contributed by atoms with Crippen LogP contribution in [0.15, 0.2) is 47.4 Å². The standard InChI is InChI=1S/C23H23N3O7S/c1-26-21(29)15-8-7-14(11-17(15)22(26)30)25-19(27)12-33-23(31)16-5-3-4-6-18(16)34-13-20(28)24-9-10-32-2/h3-8,11H,9-10,12-13H2,1-2H3,(H,24,28)(H,25,27). The van der Waals surface area contributed by atoms with Crippen LogP contribution in [0.1, 0.15) is 31.1 Å². The van der Waals surface area contributed by atoms with Gasteiger partial charge in [-0.25, -0.2) is 4.79 Å². The molecular weight excluding hydrogens is 462 g/mol. The number of hydrogen-bond acceptors (Lipinski definition) is 8. The van der Waals surface area contributed by atoms with Gasteiger partial charge in [-0.3, -0.25) is 24.1 Å². The summed E-state index contributed by atoms with van der Waals surface area (Å²) in [4.78, 5) is 62.3. The molecule has 4 amide bonds. The number of methoxy groups -OCH3 is 1. The molecule has 0 unspecified atom stereocenters. The molecule has 1 heterocycles. The fourth-order valence-electron chi connectivity index (χ4n) is 3.09. The highest BCUT2D eigenvalue weighted by molar-refractivity contribution is 8.00. The largest absolute Gasteiger partial charge is 0.452 e. The molecule has 0 saturated carbocycles. The molecule has 0 atom stereocenters. The van der Waals surface area contributed by atoms with Crippen molar-refractivity contribution in [3.8, 4) is 0 Å². The van der Waals surface area contributed by atoms with Gasteiger partial charge in [-0.05, 0) is 30.3 Å². The van der Waals surface area contributed by atoms with Crippen LogP contribution in [0.2, 0.25) is 0 Å². The number of thioether (sulfide) groups is 1. The highest BCUT2D eigenvalue weighted by Gasteiger charge is 2.32. The van der Waals surface area contributed by atoms with E-state index in [2.05, 4.69) is 10.6 Å². The quantitative estimate of drug-likeness (QED) is 0.224. The Morgan fingerprint density at radius 2 is 1.74 bits per heavy atom. The summed E-state index contributed by atoms with van der Waals surface area (Å²) in [6.45, 7) is 0.234. The molecule has 2 aromatic rings. The second-order valence-electron chi connectivity index (χ2n) is 7.18. The summed E-state index contributed by atoms with van der Waals surface area (Å²) in [6, 6.07) is 11.0. The zero-order chi connectivity index (χ0) is 24.7. The third kappa shape index (κ3) is 6.00. The minimum Gasteiger partial charge on any atom is -0.452 e. The van der Waals surface area contributed by atoms with Gasteiger partial charge in [-0.15, -0.1) is 11.8 Å². The number of amides is 4. The summed E-state index contributed by atoms with van der Waals surface area (Å²) >= 11 is 1.17. The van der Waals surface area contributed by atoms with Crippen LogP contribution in [-0.4, -0.2) is 74.2 Å². The van der Waals surface area contributed by atoms with Crippen LogP contribution in [0.3, 0.4) is 0 Å². The van der Waals surface area contributed by atoms with E-state index in [1.165, 1.54) is 44.1 Å². The minimum absolute atomic E-state index is 0.100. The maximum atomic E-state index is 12.5. The number of ether oxygens (including phenoxy) is 2. The Hall–Kier alpha value is -3.70. The molecule has 0 radical (unpaired) electrons. The monoisotopic (exact) mass is 485 g/mol. The van der Waals surface area contributed by atoms with Crippen molar-refractivity contribution < 1.29 is 33.4 Å². The third-order valence-electron chi connectivity index (χ3n) is 4.80. The smallest absolute Gasteiger partial charge is 0.339 e. The molecule has 0 fully saturated rings. The lowest BCUT2D eigenvalue weighted by molar-refractivity contribution is -0.119. The van der Waals surface area contributed by atoms with Gasteiger partial charge in [0.05, 0.1) is 29.1 Å². The van der Waals surface area contributed by atoms with E-state index in [1.807, 2.05) is 0 Å². The van der Waals surface area contributed by atoms with Crippen LogP contribution in [0, 0.1) is 0 Å². The molecule has 0 aliphatic carbocycles. The number of esters is 1. The molecule has 2 aromatic carbocycles. The topological polar surface area (TPSA) is 131 Å². The Balaban J connectivity index is 1.54. The lowest BCUT2D eigenvalue weighted by Gasteiger charge is -2.10. The molecule has 0 spiro atoms. The number of fused-ring (bicyclic) bond motifs is 1. The van der Waals surface area contributed by atoms with Gasteiger partial charge in [0, 0.05) is 31.3 Å². The van der Waals surface area contributed by atoms with E-state index in [0.717, 1.165) is 4.90 Å². The van der Waals surface area contributed by atoms with Crippen molar-refractivity contribution >= 4 is 47.0 Å². The fraction of sp³-hybridized carbons (Fsp3) is 0.261. The predicted molar refractivity (Wildman–Crippen MR) is 124 cm³/mol. The van der Waals surface area contributed by atoms with Gasteiger partial charge in [-0.1, -0.05) is 12.1 Å². The number of rotatable bonds is 10. The van der Waals surface area contributed by atoms with Crippen molar-refractivity contribution in [1.29, 1.82) is 0 Å². The maximum Gasteiger partial charge on any atom is 0.339 e. The lowest BCUT2D eigenvalue weighted by atomic mass is 10.1. The van der Waals surface area contributed by atoms with Crippen molar-refractivity contribution in [1.82, 2.24) is 10.2 Å². The van der Waals surface area contributed by atoms with Crippen molar-refractivity contribution in [2.75, 3.05) is 45.0 Å². The van der Waals surface area contributed by atoms with Crippen LogP contribution in [-0.2, 0) is 19.1 Å². The summed E-state index contributed by atoms with van der Waals surface area (Å²) in [5.41, 5.74) is 0.985. The van der Waals surface area contributed by atoms with Crippen LogP contribution in [0.25, 0.3) is 0 Å². The van der Waals surface area contributed by atoms with Crippen molar-refractivity contribution in [2.45, 2.75) is 4.90 Å². The van der Waals surface area contributed by atoms with E-state index in [-0.39, 0.29) is 28.4 Å². The molecule has 0 bridgehead atoms. The molecule has 178 valence electrons. The molecule has 0 aromatic heterocycles. The summed E-state index contributed by atoms with van der Waals surface area (Å²) < 4.78 is 10.0. The zero-order valence-electron chi connectivity index (χ0n) is 18.6. The second kappa shape index (κ2) is 11.4. The first-order chi connectivity index (χ1) is 16.3. The minimum atomic E-state index is -0.714. The Bertz CT molecular complexity index is 1140. The van der Waals surface area contributed by atoms with E-state index in [9.17, 15) is 24.0 Å². The van der Waals surface area contributed by atoms with E-state index in [0.29, 0.717) is 23.7 Å². The first-order valence-electron chi connectivity index (χ1n) is 10.2. The normalized spacial score (nSPS) is 12.4. The molecule has 11 heteroatoms. The van der Waals surface area contributed by atoms with E-state index < -0.39 is 30.3 Å². The number of carbonyl (C=O) groups is 5. The van der Waals surface area contributed by atoms with Gasteiger partial charge in [0.15, 0.2) is 6.61 Å². The Kier molecular flexibility index (Phi) is 8.39. The number of anilines is 1. The second-order valence-corrected chi connectivity index (χ2v) is 8.20. The van der Waals surface area contributed by atoms with Gasteiger partial charge in [-0.2, -0.15) is 0 Å². The average molecular weight is 486 g/mol. The van der Waals surface area contributed by atoms with Crippen molar-refractivity contribution in [3.63, 3.8) is 0 Å². The lowest BCUT2D eigenvalue weighted by Crippen LogP contribution is -2.28. The van der Waals surface area contributed by atoms with Gasteiger partial charge in [0.25, 0.3) is 17.7 Å². The van der Waals surface area contributed by atoms with Gasteiger partial charge >= 0.3 is 5.97 Å². The molecule has 10 nitrogen and oxygen atoms in total. The number of carbonyl (C=O) groups excluding carboxylic acids is 5. The molecular formula is C23H23N3O7S. The molecule has 34 heavy (non-hydrogen) atoms. The third-order valence-corrected chi connectivity index (χ3v) is 5.88. The van der Waals surface area contributed by atoms with E-state index in [4.69, 9.17) is 9.47 Å². The van der Waals surface area contributed by atoms with E-state index in [1.54, 1.807) is 24.3 Å². The molecule has 1 aliphatic rings. The van der Waals surface area contributed by atoms with Crippen LogP contribution in [0.5, 0.6) is 0 Å².